The molecule has 4 heteroatoms. The van der Waals surface area contributed by atoms with Crippen LogP contribution in [0.1, 0.15) is 112 Å². The number of aliphatic hydroxyl groups excluding tert-OH is 1. The third-order valence-electron chi connectivity index (χ3n) is 12.9. The van der Waals surface area contributed by atoms with E-state index >= 15 is 0 Å². The van der Waals surface area contributed by atoms with E-state index in [2.05, 4.69) is 66.3 Å². The molecule has 3 unspecified atom stereocenters. The number of carbonyl (C=O) groups is 1. The SMILES string of the molecule is C=CC(=O)OCCC(CCO)CCO[C@H]1CC[C@@]2(C)C(=CC[C@@H]3C2CC[C@@]2(C)C3CC[C@@H]2[C@H](C)/C=C/[C@H](C)C(C)C)C1. The number of hydrogen-bond donors (Lipinski definition) is 1. The van der Waals surface area contributed by atoms with Crippen LogP contribution < -0.4 is 0 Å². The average molecular weight is 583 g/mol. The molecule has 4 aliphatic carbocycles. The van der Waals surface area contributed by atoms with Gasteiger partial charge in [-0.15, -0.1) is 0 Å². The van der Waals surface area contributed by atoms with Crippen molar-refractivity contribution in [1.82, 2.24) is 0 Å². The van der Waals surface area contributed by atoms with E-state index in [1.807, 2.05) is 0 Å². The molecular formula is C38H62O4. The first kappa shape index (κ1) is 33.5. The van der Waals surface area contributed by atoms with Gasteiger partial charge in [0.1, 0.15) is 0 Å². The molecule has 0 aromatic carbocycles. The standard InChI is InChI=1S/C38H62O4/c1-8-36(40)42-24-19-29(17-22-39)18-23-41-31-15-20-37(6)30(25-31)11-12-32-34-14-13-33(38(34,7)21-16-35(32)37)28(5)10-9-27(4)26(2)3/h8-11,26-29,31-35,39H,1,12-25H2,2-7H3/b10-9+/t27-,28+,29?,31-,32-,33+,34?,35?,37-,38+/m0/s1. The average Bonchev–Trinajstić information content (AvgIpc) is 3.32. The number of esters is 1. The van der Waals surface area contributed by atoms with Gasteiger partial charge in [-0.1, -0.05) is 71.9 Å². The fourth-order valence-corrected chi connectivity index (χ4v) is 9.78. The number of fused-ring (bicyclic) bond motifs is 5. The van der Waals surface area contributed by atoms with Crippen molar-refractivity contribution in [2.75, 3.05) is 19.8 Å². The second-order valence-electron chi connectivity index (χ2n) is 15.4. The Bertz CT molecular complexity index is 966. The van der Waals surface area contributed by atoms with Crippen LogP contribution in [0.25, 0.3) is 0 Å². The molecule has 0 saturated heterocycles. The number of hydrogen-bond acceptors (Lipinski definition) is 4. The van der Waals surface area contributed by atoms with Crippen molar-refractivity contribution >= 4 is 5.97 Å². The molecule has 4 nitrogen and oxygen atoms in total. The molecule has 42 heavy (non-hydrogen) atoms. The largest absolute Gasteiger partial charge is 0.463 e. The maximum absolute atomic E-state index is 11.4. The second-order valence-corrected chi connectivity index (χ2v) is 15.4. The summed E-state index contributed by atoms with van der Waals surface area (Å²) in [6, 6.07) is 0. The topological polar surface area (TPSA) is 55.8 Å². The highest BCUT2D eigenvalue weighted by Gasteiger charge is 2.59. The summed E-state index contributed by atoms with van der Waals surface area (Å²) in [7, 11) is 0. The number of rotatable bonds is 14. The van der Waals surface area contributed by atoms with Crippen LogP contribution in [0.15, 0.2) is 36.5 Å². The minimum absolute atomic E-state index is 0.158. The zero-order chi connectivity index (χ0) is 30.5. The maximum atomic E-state index is 11.4. The molecule has 3 saturated carbocycles. The van der Waals surface area contributed by atoms with Crippen LogP contribution in [-0.2, 0) is 14.3 Å². The Hall–Kier alpha value is -1.39. The van der Waals surface area contributed by atoms with Crippen molar-refractivity contribution in [3.63, 3.8) is 0 Å². The molecule has 238 valence electrons. The quantitative estimate of drug-likeness (QED) is 0.126. The predicted octanol–water partition coefficient (Wildman–Crippen LogP) is 8.94. The van der Waals surface area contributed by atoms with E-state index in [0.29, 0.717) is 53.8 Å². The highest BCUT2D eigenvalue weighted by Crippen LogP contribution is 2.67. The lowest BCUT2D eigenvalue weighted by Crippen LogP contribution is -2.51. The Morgan fingerprint density at radius 2 is 1.79 bits per heavy atom. The van der Waals surface area contributed by atoms with E-state index in [4.69, 9.17) is 9.47 Å². The zero-order valence-electron chi connectivity index (χ0n) is 27.8. The third-order valence-corrected chi connectivity index (χ3v) is 12.9. The lowest BCUT2D eigenvalue weighted by atomic mass is 9.47. The summed E-state index contributed by atoms with van der Waals surface area (Å²) in [5, 5.41) is 9.49. The van der Waals surface area contributed by atoms with Crippen molar-refractivity contribution in [3.8, 4) is 0 Å². The molecule has 0 amide bonds. The molecule has 3 fully saturated rings. The van der Waals surface area contributed by atoms with Crippen molar-refractivity contribution in [2.45, 2.75) is 118 Å². The monoisotopic (exact) mass is 582 g/mol. The van der Waals surface area contributed by atoms with Crippen molar-refractivity contribution in [2.24, 2.45) is 58.2 Å². The Morgan fingerprint density at radius 3 is 2.50 bits per heavy atom. The van der Waals surface area contributed by atoms with Gasteiger partial charge in [0.05, 0.1) is 12.7 Å². The van der Waals surface area contributed by atoms with Crippen molar-refractivity contribution < 1.29 is 19.4 Å². The van der Waals surface area contributed by atoms with Crippen LogP contribution in [0.4, 0.5) is 0 Å². The van der Waals surface area contributed by atoms with Gasteiger partial charge in [-0.2, -0.15) is 0 Å². The van der Waals surface area contributed by atoms with Gasteiger partial charge in [-0.3, -0.25) is 0 Å². The molecule has 10 atom stereocenters. The molecule has 0 aromatic heterocycles. The highest BCUT2D eigenvalue weighted by atomic mass is 16.5. The molecule has 0 aliphatic heterocycles. The van der Waals surface area contributed by atoms with Crippen molar-refractivity contribution in [3.05, 3.63) is 36.5 Å². The number of aliphatic hydroxyl groups is 1. The summed E-state index contributed by atoms with van der Waals surface area (Å²) in [6.07, 6.45) is 22.0. The van der Waals surface area contributed by atoms with Crippen LogP contribution in [0, 0.1) is 58.2 Å². The van der Waals surface area contributed by atoms with E-state index in [0.717, 1.165) is 55.8 Å². The van der Waals surface area contributed by atoms with E-state index in [9.17, 15) is 9.90 Å². The maximum Gasteiger partial charge on any atom is 0.330 e. The summed E-state index contributed by atoms with van der Waals surface area (Å²) < 4.78 is 11.6. The molecule has 0 aromatic rings. The van der Waals surface area contributed by atoms with Crippen LogP contribution in [-0.4, -0.2) is 37.0 Å². The molecule has 0 bridgehead atoms. The first-order chi connectivity index (χ1) is 20.0. The highest BCUT2D eigenvalue weighted by molar-refractivity contribution is 5.81. The summed E-state index contributed by atoms with van der Waals surface area (Å²) >= 11 is 0. The summed E-state index contributed by atoms with van der Waals surface area (Å²) in [4.78, 5) is 11.4. The summed E-state index contributed by atoms with van der Waals surface area (Å²) in [6.45, 7) is 19.5. The molecule has 0 spiro atoms. The molecule has 0 heterocycles. The van der Waals surface area contributed by atoms with Crippen LogP contribution in [0.3, 0.4) is 0 Å². The van der Waals surface area contributed by atoms with Gasteiger partial charge in [0.2, 0.25) is 0 Å². The van der Waals surface area contributed by atoms with Crippen LogP contribution in [0.5, 0.6) is 0 Å². The minimum atomic E-state index is -0.379. The fourth-order valence-electron chi connectivity index (χ4n) is 9.78. The van der Waals surface area contributed by atoms with Gasteiger partial charge in [-0.25, -0.2) is 4.79 Å². The van der Waals surface area contributed by atoms with Crippen LogP contribution in [0.2, 0.25) is 0 Å². The lowest BCUT2D eigenvalue weighted by molar-refractivity contribution is -0.138. The van der Waals surface area contributed by atoms with E-state index in [1.54, 1.807) is 5.57 Å². The molecule has 4 rings (SSSR count). The van der Waals surface area contributed by atoms with E-state index in [1.165, 1.54) is 44.6 Å². The smallest absolute Gasteiger partial charge is 0.330 e. The minimum Gasteiger partial charge on any atom is -0.463 e. The predicted molar refractivity (Wildman–Crippen MR) is 173 cm³/mol. The Labute approximate surface area is 257 Å². The Balaban J connectivity index is 1.32. The van der Waals surface area contributed by atoms with Gasteiger partial charge in [0, 0.05) is 19.3 Å². The molecule has 4 aliphatic rings. The molecular weight excluding hydrogens is 520 g/mol. The first-order valence-corrected chi connectivity index (χ1v) is 17.4. The number of ether oxygens (including phenoxy) is 2. The normalized spacial score (nSPS) is 36.5. The Kier molecular flexibility index (Phi) is 11.6. The molecule has 0 radical (unpaired) electrons. The second kappa shape index (κ2) is 14.6. The van der Waals surface area contributed by atoms with E-state index < -0.39 is 0 Å². The Morgan fingerprint density at radius 1 is 1.02 bits per heavy atom. The van der Waals surface area contributed by atoms with Gasteiger partial charge in [-0.05, 0) is 129 Å². The third kappa shape index (κ3) is 7.28. The zero-order valence-corrected chi connectivity index (χ0v) is 27.8. The lowest BCUT2D eigenvalue weighted by Gasteiger charge is -2.58. The van der Waals surface area contributed by atoms with Gasteiger partial charge >= 0.3 is 5.97 Å². The number of allylic oxidation sites excluding steroid dienone is 3. The van der Waals surface area contributed by atoms with Crippen molar-refractivity contribution in [1.29, 1.82) is 0 Å². The number of carbonyl (C=O) groups excluding carboxylic acids is 1. The molecule has 1 N–H and O–H groups in total. The van der Waals surface area contributed by atoms with E-state index in [-0.39, 0.29) is 12.6 Å². The summed E-state index contributed by atoms with van der Waals surface area (Å²) in [5.74, 6) is 5.34. The first-order valence-electron chi connectivity index (χ1n) is 17.4. The van der Waals surface area contributed by atoms with Crippen LogP contribution >= 0.6 is 0 Å². The summed E-state index contributed by atoms with van der Waals surface area (Å²) in [5.41, 5.74) is 2.51. The van der Waals surface area contributed by atoms with Gasteiger partial charge < -0.3 is 14.6 Å². The van der Waals surface area contributed by atoms with Gasteiger partial charge in [0.25, 0.3) is 0 Å². The fraction of sp³-hybridized carbons (Fsp3) is 0.816. The van der Waals surface area contributed by atoms with Gasteiger partial charge in [0.15, 0.2) is 0 Å².